The molecule has 28 heavy (non-hydrogen) atoms. The Kier molecular flexibility index (Phi) is 6.56. The summed E-state index contributed by atoms with van der Waals surface area (Å²) in [6, 6.07) is 1.44. The Morgan fingerprint density at radius 2 is 2.07 bits per heavy atom. The Labute approximate surface area is 166 Å². The molecule has 1 aliphatic carbocycles. The van der Waals surface area contributed by atoms with Crippen molar-refractivity contribution in [1.29, 1.82) is 0 Å². The fourth-order valence-electron chi connectivity index (χ4n) is 4.30. The van der Waals surface area contributed by atoms with E-state index >= 15 is 0 Å². The number of phenols is 2. The third-order valence-corrected chi connectivity index (χ3v) is 5.66. The van der Waals surface area contributed by atoms with Crippen molar-refractivity contribution in [2.24, 2.45) is 5.92 Å². The maximum absolute atomic E-state index is 12.0. The first kappa shape index (κ1) is 21.6. The van der Waals surface area contributed by atoms with Gasteiger partial charge in [-0.2, -0.15) is 0 Å². The Hall–Kier alpha value is -2.74. The van der Waals surface area contributed by atoms with Crippen LogP contribution in [0.3, 0.4) is 0 Å². The van der Waals surface area contributed by atoms with Gasteiger partial charge in [0.2, 0.25) is 0 Å². The second kappa shape index (κ2) is 8.52. The monoisotopic (exact) mass is 384 g/mol. The van der Waals surface area contributed by atoms with Gasteiger partial charge in [-0.15, -0.1) is 0 Å². The van der Waals surface area contributed by atoms with Crippen LogP contribution in [0.4, 0.5) is 0 Å². The Balaban J connectivity index is 2.78. The first-order valence-electron chi connectivity index (χ1n) is 9.76. The van der Waals surface area contributed by atoms with E-state index in [1.807, 2.05) is 19.9 Å². The van der Waals surface area contributed by atoms with E-state index in [0.29, 0.717) is 18.4 Å². The highest BCUT2D eigenvalue weighted by atomic mass is 16.4. The number of aryl methyl sites for hydroxylation is 1. The summed E-state index contributed by atoms with van der Waals surface area (Å²) in [5.74, 6) is -2.16. The lowest BCUT2D eigenvalue weighted by Gasteiger charge is -2.31. The molecule has 0 spiro atoms. The Bertz CT molecular complexity index is 862. The highest BCUT2D eigenvalue weighted by Gasteiger charge is 2.55. The van der Waals surface area contributed by atoms with Gasteiger partial charge in [-0.3, -0.25) is 0 Å². The van der Waals surface area contributed by atoms with Gasteiger partial charge in [0.1, 0.15) is 22.6 Å². The molecule has 0 bridgehead atoms. The summed E-state index contributed by atoms with van der Waals surface area (Å²) < 4.78 is 0. The molecule has 0 unspecified atom stereocenters. The van der Waals surface area contributed by atoms with Crippen molar-refractivity contribution in [1.82, 2.24) is 0 Å². The van der Waals surface area contributed by atoms with Crippen LogP contribution < -0.4 is 0 Å². The molecular weight excluding hydrogens is 354 g/mol. The fraction of sp³-hybridized carbons (Fsp3) is 0.478. The molecule has 5 heteroatoms. The highest BCUT2D eigenvalue weighted by Crippen LogP contribution is 2.53. The average Bonchev–Trinajstić information content (AvgIpc) is 2.60. The Morgan fingerprint density at radius 1 is 1.39 bits per heavy atom. The minimum atomic E-state index is -1.26. The molecule has 0 aliphatic heterocycles. The van der Waals surface area contributed by atoms with Crippen LogP contribution in [0, 0.1) is 12.5 Å². The standard InChI is InChI=1S/C23H29NO4/c1-6-7-8-9-16-12-18(25)20(21(26)19(16)22(27)28)23(24-5)13-15(4)10-11-17(23)14(2)3/h5,12-13,17H,2,6-11H2,1,3-4H3,(H2-,25,26,27,28)/p+1/t17-,23-/m0/s1. The molecule has 2 rings (SSSR count). The van der Waals surface area contributed by atoms with Crippen LogP contribution in [0.25, 0.3) is 4.85 Å². The smallest absolute Gasteiger partial charge is 0.339 e. The zero-order valence-corrected chi connectivity index (χ0v) is 17.0. The second-order valence-corrected chi connectivity index (χ2v) is 7.80. The number of hydrogen-bond acceptors (Lipinski definition) is 3. The van der Waals surface area contributed by atoms with Gasteiger partial charge in [-0.25, -0.2) is 4.79 Å². The lowest BCUT2D eigenvalue weighted by Crippen LogP contribution is -2.34. The Morgan fingerprint density at radius 3 is 2.61 bits per heavy atom. The predicted octanol–water partition coefficient (Wildman–Crippen LogP) is 5.62. The molecule has 1 aromatic carbocycles. The normalized spacial score (nSPS) is 21.6. The van der Waals surface area contributed by atoms with Gasteiger partial charge in [0.05, 0.1) is 5.92 Å². The van der Waals surface area contributed by atoms with Gasteiger partial charge in [0, 0.05) is 6.08 Å². The van der Waals surface area contributed by atoms with Crippen molar-refractivity contribution in [3.63, 3.8) is 0 Å². The maximum atomic E-state index is 12.0. The van der Waals surface area contributed by atoms with E-state index < -0.39 is 17.3 Å². The molecule has 1 aliphatic rings. The number of rotatable bonds is 7. The third kappa shape index (κ3) is 3.77. The fourth-order valence-corrected chi connectivity index (χ4v) is 4.30. The highest BCUT2D eigenvalue weighted by molar-refractivity contribution is 5.94. The number of aromatic hydroxyl groups is 2. The number of aromatic carboxylic acids is 1. The number of unbranched alkanes of at least 4 members (excludes halogenated alkanes) is 2. The van der Waals surface area contributed by atoms with Crippen molar-refractivity contribution in [3.05, 3.63) is 51.4 Å². The summed E-state index contributed by atoms with van der Waals surface area (Å²) in [5, 5.41) is 31.6. The van der Waals surface area contributed by atoms with Crippen molar-refractivity contribution in [3.8, 4) is 18.1 Å². The van der Waals surface area contributed by atoms with Gasteiger partial charge >= 0.3 is 11.5 Å². The van der Waals surface area contributed by atoms with Crippen LogP contribution in [-0.4, -0.2) is 21.3 Å². The quantitative estimate of drug-likeness (QED) is 0.421. The van der Waals surface area contributed by atoms with E-state index in [9.17, 15) is 20.1 Å². The van der Waals surface area contributed by atoms with Gasteiger partial charge < -0.3 is 15.3 Å². The summed E-state index contributed by atoms with van der Waals surface area (Å²) >= 11 is 0. The first-order chi connectivity index (χ1) is 13.2. The molecule has 3 N–H and O–H groups in total. The minimum absolute atomic E-state index is 0.0405. The van der Waals surface area contributed by atoms with E-state index in [2.05, 4.69) is 18.3 Å². The molecule has 0 radical (unpaired) electrons. The van der Waals surface area contributed by atoms with Crippen LogP contribution in [0.1, 0.15) is 74.4 Å². The molecule has 0 amide bonds. The van der Waals surface area contributed by atoms with Crippen LogP contribution in [0.15, 0.2) is 29.9 Å². The third-order valence-electron chi connectivity index (χ3n) is 5.66. The SMILES string of the molecule is C#[N+][C@@]1(c2c(O)cc(CCCCC)c(C(=O)O)c2O)C=C(C)CC[C@H]1C(=C)C. The summed E-state index contributed by atoms with van der Waals surface area (Å²) in [6.45, 7) is 15.7. The maximum Gasteiger partial charge on any atom is 0.339 e. The van der Waals surface area contributed by atoms with Crippen LogP contribution in [0.2, 0.25) is 0 Å². The number of hydrogen-bond donors (Lipinski definition) is 3. The van der Waals surface area contributed by atoms with E-state index in [0.717, 1.165) is 36.8 Å². The molecule has 2 atom stereocenters. The number of allylic oxidation sites excluding steroid dienone is 1. The van der Waals surface area contributed by atoms with E-state index in [4.69, 9.17) is 6.57 Å². The molecule has 0 aromatic heterocycles. The van der Waals surface area contributed by atoms with Crippen molar-refractivity contribution in [2.45, 2.75) is 64.8 Å². The van der Waals surface area contributed by atoms with Crippen LogP contribution >= 0.6 is 0 Å². The van der Waals surface area contributed by atoms with Gasteiger partial charge in [-0.1, -0.05) is 42.3 Å². The number of carboxylic acids is 1. The van der Waals surface area contributed by atoms with E-state index in [1.165, 1.54) is 6.07 Å². The van der Waals surface area contributed by atoms with Crippen molar-refractivity contribution < 1.29 is 20.1 Å². The molecule has 150 valence electrons. The second-order valence-electron chi connectivity index (χ2n) is 7.80. The summed E-state index contributed by atoms with van der Waals surface area (Å²) in [4.78, 5) is 16.0. The average molecular weight is 384 g/mol. The van der Waals surface area contributed by atoms with Crippen molar-refractivity contribution in [2.75, 3.05) is 0 Å². The molecule has 0 heterocycles. The van der Waals surface area contributed by atoms with Gasteiger partial charge in [0.15, 0.2) is 0 Å². The number of carboxylic acid groups (broad SMARTS) is 1. The van der Waals surface area contributed by atoms with Gasteiger partial charge in [-0.05, 0) is 51.2 Å². The topological polar surface area (TPSA) is 82.1 Å². The lowest BCUT2D eigenvalue weighted by molar-refractivity contribution is 0.0692. The number of nitrogens with zero attached hydrogens (tertiary/aromatic N) is 1. The molecule has 0 fully saturated rings. The van der Waals surface area contributed by atoms with E-state index in [-0.39, 0.29) is 22.8 Å². The minimum Gasteiger partial charge on any atom is -0.507 e. The number of carbonyl (C=O) groups is 1. The zero-order valence-electron chi connectivity index (χ0n) is 17.0. The summed E-state index contributed by atoms with van der Waals surface area (Å²) in [7, 11) is 0. The molecular formula is C23H30NO4+. The molecule has 5 nitrogen and oxygen atoms in total. The van der Waals surface area contributed by atoms with Crippen LogP contribution in [-0.2, 0) is 12.0 Å². The van der Waals surface area contributed by atoms with Crippen LogP contribution in [0.5, 0.6) is 11.5 Å². The zero-order chi connectivity index (χ0) is 21.1. The number of phenolic OH excluding ortho intramolecular Hbond substituents is 1. The molecule has 1 aromatic rings. The number of benzene rings is 1. The predicted molar refractivity (Wildman–Crippen MR) is 111 cm³/mol. The van der Waals surface area contributed by atoms with Gasteiger partial charge in [0.25, 0.3) is 6.57 Å². The lowest BCUT2D eigenvalue weighted by atomic mass is 9.67. The van der Waals surface area contributed by atoms with E-state index in [1.54, 1.807) is 0 Å². The van der Waals surface area contributed by atoms with Crippen molar-refractivity contribution >= 4 is 5.97 Å². The summed E-state index contributed by atoms with van der Waals surface area (Å²) in [5.41, 5.74) is 0.821. The summed E-state index contributed by atoms with van der Waals surface area (Å²) in [6.07, 6.45) is 6.47. The molecule has 0 saturated heterocycles. The molecule has 0 saturated carbocycles. The first-order valence-corrected chi connectivity index (χ1v) is 9.76. The largest absolute Gasteiger partial charge is 0.507 e.